The number of amides is 5. The van der Waals surface area contributed by atoms with Crippen LogP contribution in [0.2, 0.25) is 0 Å². The van der Waals surface area contributed by atoms with E-state index in [1.165, 1.54) is 24.3 Å². The fourth-order valence-electron chi connectivity index (χ4n) is 4.38. The molecule has 184 valence electrons. The number of anilines is 2. The minimum absolute atomic E-state index is 0.0400. The SMILES string of the molecule is O=C(CCN1C(=O)NC2(CCCC2)C1=O)Nc1ccccc1C(=O)Nc1cccc(C(F)(F)F)c1. The van der Waals surface area contributed by atoms with Gasteiger partial charge in [-0.1, -0.05) is 31.0 Å². The minimum Gasteiger partial charge on any atom is -0.325 e. The van der Waals surface area contributed by atoms with Crippen LogP contribution in [0.5, 0.6) is 0 Å². The zero-order chi connectivity index (χ0) is 25.2. The molecule has 0 atom stereocenters. The van der Waals surface area contributed by atoms with Crippen molar-refractivity contribution >= 4 is 35.1 Å². The number of imide groups is 1. The van der Waals surface area contributed by atoms with Crippen molar-refractivity contribution < 1.29 is 32.3 Å². The van der Waals surface area contributed by atoms with Gasteiger partial charge in [0.1, 0.15) is 5.54 Å². The molecule has 4 rings (SSSR count). The van der Waals surface area contributed by atoms with Crippen LogP contribution in [-0.4, -0.2) is 40.7 Å². The second kappa shape index (κ2) is 9.40. The lowest BCUT2D eigenvalue weighted by Gasteiger charge is -2.20. The Morgan fingerprint density at radius 1 is 1.00 bits per heavy atom. The van der Waals surface area contributed by atoms with E-state index in [1.54, 1.807) is 12.1 Å². The predicted molar refractivity (Wildman–Crippen MR) is 121 cm³/mol. The summed E-state index contributed by atoms with van der Waals surface area (Å²) in [6, 6.07) is 9.70. The second-order valence-corrected chi connectivity index (χ2v) is 8.55. The van der Waals surface area contributed by atoms with Crippen molar-refractivity contribution in [2.75, 3.05) is 17.2 Å². The maximum Gasteiger partial charge on any atom is 0.416 e. The lowest BCUT2D eigenvalue weighted by molar-refractivity contribution is -0.137. The van der Waals surface area contributed by atoms with Crippen LogP contribution in [0.4, 0.5) is 29.3 Å². The van der Waals surface area contributed by atoms with Gasteiger partial charge in [-0.15, -0.1) is 0 Å². The van der Waals surface area contributed by atoms with Gasteiger partial charge in [-0.2, -0.15) is 13.2 Å². The zero-order valence-corrected chi connectivity index (χ0v) is 18.6. The average Bonchev–Trinajstić information content (AvgIpc) is 3.37. The number of hydrogen-bond donors (Lipinski definition) is 3. The van der Waals surface area contributed by atoms with E-state index in [9.17, 15) is 32.3 Å². The highest BCUT2D eigenvalue weighted by atomic mass is 19.4. The molecule has 2 aliphatic rings. The molecule has 8 nitrogen and oxygen atoms in total. The van der Waals surface area contributed by atoms with Gasteiger partial charge >= 0.3 is 12.2 Å². The Labute approximate surface area is 198 Å². The molecule has 1 saturated carbocycles. The van der Waals surface area contributed by atoms with Crippen molar-refractivity contribution in [3.63, 3.8) is 0 Å². The zero-order valence-electron chi connectivity index (χ0n) is 18.6. The first-order chi connectivity index (χ1) is 16.6. The molecule has 0 unspecified atom stereocenters. The number of halogens is 3. The number of para-hydroxylation sites is 1. The van der Waals surface area contributed by atoms with Crippen LogP contribution in [0.15, 0.2) is 48.5 Å². The summed E-state index contributed by atoms with van der Waals surface area (Å²) < 4.78 is 38.8. The van der Waals surface area contributed by atoms with Gasteiger partial charge in [0.2, 0.25) is 5.91 Å². The van der Waals surface area contributed by atoms with Crippen LogP contribution in [-0.2, 0) is 15.8 Å². The third kappa shape index (κ3) is 5.13. The third-order valence-corrected chi connectivity index (χ3v) is 6.16. The van der Waals surface area contributed by atoms with Gasteiger partial charge in [-0.25, -0.2) is 4.79 Å². The molecule has 11 heteroatoms. The monoisotopic (exact) mass is 488 g/mol. The van der Waals surface area contributed by atoms with Gasteiger partial charge in [-0.3, -0.25) is 19.3 Å². The first-order valence-corrected chi connectivity index (χ1v) is 11.1. The number of rotatable bonds is 6. The predicted octanol–water partition coefficient (Wildman–Crippen LogP) is 4.15. The summed E-state index contributed by atoms with van der Waals surface area (Å²) in [5, 5.41) is 7.73. The van der Waals surface area contributed by atoms with Crippen molar-refractivity contribution in [1.82, 2.24) is 10.2 Å². The summed E-state index contributed by atoms with van der Waals surface area (Å²) in [5.41, 5.74) is -1.63. The van der Waals surface area contributed by atoms with Crippen LogP contribution >= 0.6 is 0 Å². The van der Waals surface area contributed by atoms with Gasteiger partial charge in [0.05, 0.1) is 16.8 Å². The summed E-state index contributed by atoms with van der Waals surface area (Å²) in [4.78, 5) is 51.3. The maximum atomic E-state index is 12.9. The van der Waals surface area contributed by atoms with Crippen LogP contribution in [0, 0.1) is 0 Å². The molecule has 1 saturated heterocycles. The molecular weight excluding hydrogens is 465 g/mol. The number of benzene rings is 2. The Morgan fingerprint density at radius 2 is 1.71 bits per heavy atom. The van der Waals surface area contributed by atoms with Crippen LogP contribution < -0.4 is 16.0 Å². The quantitative estimate of drug-likeness (QED) is 0.531. The van der Waals surface area contributed by atoms with E-state index in [4.69, 9.17) is 0 Å². The molecule has 2 aromatic rings. The van der Waals surface area contributed by atoms with Crippen molar-refractivity contribution in [2.24, 2.45) is 0 Å². The van der Waals surface area contributed by atoms with E-state index in [1.807, 2.05) is 0 Å². The van der Waals surface area contributed by atoms with Gasteiger partial charge in [-0.05, 0) is 43.2 Å². The standard InChI is InChI=1S/C24H23F3N4O4/c25-24(26,27)15-6-5-7-16(14-15)28-20(33)17-8-1-2-9-18(17)29-19(32)10-13-31-21(34)23(30-22(31)35)11-3-4-12-23/h1-2,5-9,14H,3-4,10-13H2,(H,28,33)(H,29,32)(H,30,35). The number of hydrogen-bond acceptors (Lipinski definition) is 4. The highest BCUT2D eigenvalue weighted by Gasteiger charge is 2.52. The minimum atomic E-state index is -4.56. The number of carbonyl (C=O) groups excluding carboxylic acids is 4. The Kier molecular flexibility index (Phi) is 6.51. The molecule has 0 radical (unpaired) electrons. The topological polar surface area (TPSA) is 108 Å². The van der Waals surface area contributed by atoms with Crippen LogP contribution in [0.25, 0.3) is 0 Å². The van der Waals surface area contributed by atoms with Crippen molar-refractivity contribution in [3.8, 4) is 0 Å². The Bertz CT molecular complexity index is 1180. The molecule has 5 amide bonds. The third-order valence-electron chi connectivity index (χ3n) is 6.16. The molecular formula is C24H23F3N4O4. The first-order valence-electron chi connectivity index (χ1n) is 11.1. The van der Waals surface area contributed by atoms with Crippen molar-refractivity contribution in [3.05, 3.63) is 59.7 Å². The lowest BCUT2D eigenvalue weighted by Crippen LogP contribution is -2.44. The van der Waals surface area contributed by atoms with Gasteiger partial charge in [0.15, 0.2) is 0 Å². The van der Waals surface area contributed by atoms with Crippen LogP contribution in [0.1, 0.15) is 48.0 Å². The Hall–Kier alpha value is -3.89. The number of nitrogens with zero attached hydrogens (tertiary/aromatic N) is 1. The van der Waals surface area contributed by atoms with Crippen molar-refractivity contribution in [2.45, 2.75) is 43.8 Å². The highest BCUT2D eigenvalue weighted by molar-refractivity contribution is 6.10. The lowest BCUT2D eigenvalue weighted by atomic mass is 9.98. The van der Waals surface area contributed by atoms with Gasteiger partial charge < -0.3 is 16.0 Å². The fourth-order valence-corrected chi connectivity index (χ4v) is 4.38. The second-order valence-electron chi connectivity index (χ2n) is 8.55. The summed E-state index contributed by atoms with van der Waals surface area (Å²) in [6.07, 6.45) is -1.89. The molecule has 2 aromatic carbocycles. The van der Waals surface area contributed by atoms with E-state index in [0.29, 0.717) is 12.8 Å². The molecule has 1 aliphatic heterocycles. The molecule has 3 N–H and O–H groups in total. The number of nitrogens with one attached hydrogen (secondary N) is 3. The molecule has 1 heterocycles. The molecule has 0 aromatic heterocycles. The Balaban J connectivity index is 1.39. The largest absolute Gasteiger partial charge is 0.416 e. The normalized spacial score (nSPS) is 16.9. The maximum absolute atomic E-state index is 12.9. The van der Waals surface area contributed by atoms with E-state index in [-0.39, 0.29) is 35.8 Å². The highest BCUT2D eigenvalue weighted by Crippen LogP contribution is 2.35. The fraction of sp³-hybridized carbons (Fsp3) is 0.333. The Morgan fingerprint density at radius 3 is 2.43 bits per heavy atom. The van der Waals surface area contributed by atoms with Crippen molar-refractivity contribution in [1.29, 1.82) is 0 Å². The summed E-state index contributed by atoms with van der Waals surface area (Å²) in [6.45, 7) is -0.114. The van der Waals surface area contributed by atoms with Gasteiger partial charge in [0, 0.05) is 18.7 Å². The van der Waals surface area contributed by atoms with E-state index < -0.39 is 35.1 Å². The first kappa shape index (κ1) is 24.2. The number of alkyl halides is 3. The molecule has 1 spiro atoms. The van der Waals surface area contributed by atoms with Gasteiger partial charge in [0.25, 0.3) is 11.8 Å². The van der Waals surface area contributed by atoms with Crippen LogP contribution in [0.3, 0.4) is 0 Å². The summed E-state index contributed by atoms with van der Waals surface area (Å²) in [5.74, 6) is -1.57. The molecule has 35 heavy (non-hydrogen) atoms. The number of carbonyl (C=O) groups is 4. The average molecular weight is 488 g/mol. The summed E-state index contributed by atoms with van der Waals surface area (Å²) in [7, 11) is 0. The number of urea groups is 1. The molecule has 1 aliphatic carbocycles. The van der Waals surface area contributed by atoms with E-state index in [0.717, 1.165) is 29.9 Å². The molecule has 2 fully saturated rings. The molecule has 0 bridgehead atoms. The summed E-state index contributed by atoms with van der Waals surface area (Å²) >= 11 is 0. The van der Waals surface area contributed by atoms with E-state index in [2.05, 4.69) is 16.0 Å². The van der Waals surface area contributed by atoms with E-state index >= 15 is 0 Å². The smallest absolute Gasteiger partial charge is 0.325 e.